The van der Waals surface area contributed by atoms with Crippen molar-refractivity contribution in [2.24, 2.45) is 0 Å². The summed E-state index contributed by atoms with van der Waals surface area (Å²) in [4.78, 5) is 5.24. The maximum absolute atomic E-state index is 5.25. The van der Waals surface area contributed by atoms with Crippen LogP contribution in [0.3, 0.4) is 0 Å². The van der Waals surface area contributed by atoms with Gasteiger partial charge in [0.2, 0.25) is 0 Å². The number of anilines is 1. The Balaban J connectivity index is 1.68. The van der Waals surface area contributed by atoms with E-state index >= 15 is 0 Å². The van der Waals surface area contributed by atoms with E-state index in [2.05, 4.69) is 27.8 Å². The Morgan fingerprint density at radius 1 is 1.17 bits per heavy atom. The second-order valence-corrected chi connectivity index (χ2v) is 4.91. The Labute approximate surface area is 109 Å². The topological polar surface area (TPSA) is 38.1 Å². The van der Waals surface area contributed by atoms with E-state index < -0.39 is 0 Å². The fourth-order valence-electron chi connectivity index (χ4n) is 1.71. The van der Waals surface area contributed by atoms with Crippen LogP contribution in [0.2, 0.25) is 0 Å². The van der Waals surface area contributed by atoms with Gasteiger partial charge >= 0.3 is 0 Å². The summed E-state index contributed by atoms with van der Waals surface area (Å²) in [5, 5.41) is 5.47. The van der Waals surface area contributed by atoms with Crippen LogP contribution in [0, 0.1) is 0 Å². The van der Waals surface area contributed by atoms with Gasteiger partial charge in [0.15, 0.2) is 12.2 Å². The van der Waals surface area contributed by atoms with Gasteiger partial charge in [0.25, 0.3) is 0 Å². The summed E-state index contributed by atoms with van der Waals surface area (Å²) >= 11 is 1.76. The predicted octanol–water partition coefficient (Wildman–Crippen LogP) is 4.02. The van der Waals surface area contributed by atoms with Gasteiger partial charge < -0.3 is 9.73 Å². The number of nitrogens with zero attached hydrogens (tertiary/aromatic N) is 1. The van der Waals surface area contributed by atoms with Crippen molar-refractivity contribution in [3.63, 3.8) is 0 Å². The summed E-state index contributed by atoms with van der Waals surface area (Å²) in [6, 6.07) is 12.3. The standard InChI is InChI=1S/C14H12N2OS/c1-2-13(18-7-1)8-16-12-5-3-11(4-6-12)14-9-15-10-17-14/h1-7,9-10,16H,8H2. The first-order chi connectivity index (χ1) is 8.92. The number of oxazole rings is 1. The third kappa shape index (κ3) is 2.43. The molecule has 0 aliphatic rings. The van der Waals surface area contributed by atoms with Gasteiger partial charge in [-0.15, -0.1) is 11.3 Å². The van der Waals surface area contributed by atoms with Crippen LogP contribution >= 0.6 is 11.3 Å². The van der Waals surface area contributed by atoms with Crippen molar-refractivity contribution < 1.29 is 4.42 Å². The summed E-state index contributed by atoms with van der Waals surface area (Å²) in [7, 11) is 0. The molecular formula is C14H12N2OS. The lowest BCUT2D eigenvalue weighted by atomic mass is 10.2. The highest BCUT2D eigenvalue weighted by Crippen LogP contribution is 2.21. The maximum Gasteiger partial charge on any atom is 0.181 e. The van der Waals surface area contributed by atoms with Crippen LogP contribution in [0.25, 0.3) is 11.3 Å². The highest BCUT2D eigenvalue weighted by molar-refractivity contribution is 7.09. The quantitative estimate of drug-likeness (QED) is 0.766. The predicted molar refractivity (Wildman–Crippen MR) is 73.6 cm³/mol. The highest BCUT2D eigenvalue weighted by atomic mass is 32.1. The molecule has 90 valence electrons. The van der Waals surface area contributed by atoms with Crippen molar-refractivity contribution >= 4 is 17.0 Å². The van der Waals surface area contributed by atoms with E-state index in [1.165, 1.54) is 11.3 Å². The number of nitrogens with one attached hydrogen (secondary N) is 1. The lowest BCUT2D eigenvalue weighted by Gasteiger charge is -2.05. The fraction of sp³-hybridized carbons (Fsp3) is 0.0714. The van der Waals surface area contributed by atoms with E-state index in [0.29, 0.717) is 0 Å². The van der Waals surface area contributed by atoms with Gasteiger partial charge in [-0.2, -0.15) is 0 Å². The average molecular weight is 256 g/mol. The van der Waals surface area contributed by atoms with Crippen molar-refractivity contribution in [1.82, 2.24) is 4.98 Å². The molecule has 0 aliphatic heterocycles. The Kier molecular flexibility index (Phi) is 3.10. The van der Waals surface area contributed by atoms with Crippen molar-refractivity contribution in [2.45, 2.75) is 6.54 Å². The van der Waals surface area contributed by atoms with E-state index in [1.807, 2.05) is 24.3 Å². The molecule has 0 saturated carbocycles. The Hall–Kier alpha value is -2.07. The molecule has 0 fully saturated rings. The van der Waals surface area contributed by atoms with Gasteiger partial charge in [0, 0.05) is 22.7 Å². The number of hydrogen-bond donors (Lipinski definition) is 1. The molecule has 0 unspecified atom stereocenters. The molecule has 1 N–H and O–H groups in total. The van der Waals surface area contributed by atoms with E-state index in [9.17, 15) is 0 Å². The van der Waals surface area contributed by atoms with Gasteiger partial charge in [-0.3, -0.25) is 0 Å². The zero-order valence-electron chi connectivity index (χ0n) is 9.67. The molecule has 18 heavy (non-hydrogen) atoms. The molecule has 3 aromatic rings. The van der Waals surface area contributed by atoms with Crippen LogP contribution in [0.5, 0.6) is 0 Å². The molecular weight excluding hydrogens is 244 g/mol. The van der Waals surface area contributed by atoms with E-state index in [0.717, 1.165) is 23.6 Å². The first kappa shape index (κ1) is 11.0. The molecule has 0 bridgehead atoms. The normalized spacial score (nSPS) is 10.4. The largest absolute Gasteiger partial charge is 0.444 e. The smallest absolute Gasteiger partial charge is 0.181 e. The van der Waals surface area contributed by atoms with Crippen molar-refractivity contribution in [3.8, 4) is 11.3 Å². The summed E-state index contributed by atoms with van der Waals surface area (Å²) in [5.41, 5.74) is 2.14. The molecule has 1 aromatic carbocycles. The molecule has 0 radical (unpaired) electrons. The van der Waals surface area contributed by atoms with E-state index in [4.69, 9.17) is 4.42 Å². The molecule has 3 nitrogen and oxygen atoms in total. The Morgan fingerprint density at radius 3 is 2.72 bits per heavy atom. The van der Waals surface area contributed by atoms with Crippen molar-refractivity contribution in [1.29, 1.82) is 0 Å². The molecule has 0 aliphatic carbocycles. The molecule has 0 spiro atoms. The Bertz CT molecular complexity index is 585. The van der Waals surface area contributed by atoms with Crippen LogP contribution in [0.1, 0.15) is 4.88 Å². The lowest BCUT2D eigenvalue weighted by Crippen LogP contribution is -1.96. The molecule has 2 aromatic heterocycles. The second-order valence-electron chi connectivity index (χ2n) is 3.88. The minimum absolute atomic E-state index is 0.791. The Morgan fingerprint density at radius 2 is 2.06 bits per heavy atom. The number of benzene rings is 1. The molecule has 0 amide bonds. The van der Waals surface area contributed by atoms with Crippen LogP contribution in [-0.4, -0.2) is 4.98 Å². The summed E-state index contributed by atoms with van der Waals surface area (Å²) in [5.74, 6) is 0.791. The minimum Gasteiger partial charge on any atom is -0.444 e. The molecule has 0 atom stereocenters. The third-order valence-electron chi connectivity index (χ3n) is 2.65. The fourth-order valence-corrected chi connectivity index (χ4v) is 2.36. The van der Waals surface area contributed by atoms with E-state index in [-0.39, 0.29) is 0 Å². The highest BCUT2D eigenvalue weighted by Gasteiger charge is 2.01. The minimum atomic E-state index is 0.791. The van der Waals surface area contributed by atoms with Crippen LogP contribution in [0.4, 0.5) is 5.69 Å². The third-order valence-corrected chi connectivity index (χ3v) is 3.52. The summed E-state index contributed by atoms with van der Waals surface area (Å²) in [6.45, 7) is 0.860. The molecule has 0 saturated heterocycles. The zero-order chi connectivity index (χ0) is 12.2. The van der Waals surface area contributed by atoms with Crippen molar-refractivity contribution in [2.75, 3.05) is 5.32 Å². The lowest BCUT2D eigenvalue weighted by molar-refractivity contribution is 0.572. The van der Waals surface area contributed by atoms with Gasteiger partial charge in [-0.05, 0) is 35.7 Å². The van der Waals surface area contributed by atoms with Crippen molar-refractivity contribution in [3.05, 3.63) is 59.2 Å². The monoisotopic (exact) mass is 256 g/mol. The number of rotatable bonds is 4. The van der Waals surface area contributed by atoms with Gasteiger partial charge in [-0.25, -0.2) is 4.98 Å². The molecule has 4 heteroatoms. The first-order valence-electron chi connectivity index (χ1n) is 5.67. The zero-order valence-corrected chi connectivity index (χ0v) is 10.5. The number of aromatic nitrogens is 1. The summed E-state index contributed by atoms with van der Waals surface area (Å²) < 4.78 is 5.25. The molecule has 3 rings (SSSR count). The van der Waals surface area contributed by atoms with Gasteiger partial charge in [-0.1, -0.05) is 6.07 Å². The number of thiophene rings is 1. The van der Waals surface area contributed by atoms with E-state index in [1.54, 1.807) is 17.5 Å². The molecule has 2 heterocycles. The first-order valence-corrected chi connectivity index (χ1v) is 6.55. The van der Waals surface area contributed by atoms with Gasteiger partial charge in [0.05, 0.1) is 6.20 Å². The van der Waals surface area contributed by atoms with Crippen LogP contribution in [0.15, 0.2) is 58.8 Å². The summed E-state index contributed by atoms with van der Waals surface area (Å²) in [6.07, 6.45) is 3.16. The van der Waals surface area contributed by atoms with Crippen LogP contribution in [-0.2, 0) is 6.54 Å². The maximum atomic E-state index is 5.25. The average Bonchev–Trinajstić information content (AvgIpc) is 3.10. The second kappa shape index (κ2) is 5.06. The van der Waals surface area contributed by atoms with Crippen LogP contribution < -0.4 is 5.32 Å². The van der Waals surface area contributed by atoms with Gasteiger partial charge in [0.1, 0.15) is 0 Å². The number of hydrogen-bond acceptors (Lipinski definition) is 4. The SMILES string of the molecule is c1csc(CNc2ccc(-c3cnco3)cc2)c1.